The van der Waals surface area contributed by atoms with Crippen molar-refractivity contribution in [3.63, 3.8) is 0 Å². The molecule has 1 unspecified atom stereocenters. The second-order valence-electron chi connectivity index (χ2n) is 4.22. The molecule has 0 bridgehead atoms. The third-order valence-electron chi connectivity index (χ3n) is 3.01. The number of benzene rings is 1. The van der Waals surface area contributed by atoms with Gasteiger partial charge in [0.2, 0.25) is 0 Å². The van der Waals surface area contributed by atoms with Crippen LogP contribution in [-0.4, -0.2) is 31.7 Å². The monoisotopic (exact) mass is 250 g/mol. The van der Waals surface area contributed by atoms with Crippen molar-refractivity contribution < 1.29 is 14.6 Å². The molecule has 1 aromatic rings. The van der Waals surface area contributed by atoms with Crippen LogP contribution in [0.15, 0.2) is 35.9 Å². The zero-order valence-corrected chi connectivity index (χ0v) is 11.3. The van der Waals surface area contributed by atoms with E-state index in [0.29, 0.717) is 6.42 Å². The van der Waals surface area contributed by atoms with Gasteiger partial charge >= 0.3 is 0 Å². The highest BCUT2D eigenvalue weighted by molar-refractivity contribution is 5.69. The first-order valence-electron chi connectivity index (χ1n) is 6.17. The largest absolute Gasteiger partial charge is 0.396 e. The van der Waals surface area contributed by atoms with Gasteiger partial charge in [0.15, 0.2) is 0 Å². The van der Waals surface area contributed by atoms with E-state index in [1.54, 1.807) is 7.11 Å². The summed E-state index contributed by atoms with van der Waals surface area (Å²) in [5.74, 6) is 0. The van der Waals surface area contributed by atoms with E-state index in [1.807, 2.05) is 32.0 Å². The Hall–Kier alpha value is -1.16. The lowest BCUT2D eigenvalue weighted by Crippen LogP contribution is -2.13. The molecule has 0 aromatic heterocycles. The van der Waals surface area contributed by atoms with E-state index < -0.39 is 0 Å². The van der Waals surface area contributed by atoms with Crippen LogP contribution in [-0.2, 0) is 9.47 Å². The molecule has 0 heterocycles. The third kappa shape index (κ3) is 4.26. The van der Waals surface area contributed by atoms with Crippen LogP contribution in [0.5, 0.6) is 0 Å². The van der Waals surface area contributed by atoms with E-state index >= 15 is 0 Å². The second kappa shape index (κ2) is 8.03. The zero-order valence-electron chi connectivity index (χ0n) is 11.3. The number of hydrogen-bond acceptors (Lipinski definition) is 3. The molecule has 18 heavy (non-hydrogen) atoms. The number of aliphatic hydroxyl groups excluding tert-OH is 1. The predicted octanol–water partition coefficient (Wildman–Crippen LogP) is 2.85. The molecule has 1 N–H and O–H groups in total. The Kier molecular flexibility index (Phi) is 6.65. The van der Waals surface area contributed by atoms with Crippen molar-refractivity contribution in [3.8, 4) is 0 Å². The van der Waals surface area contributed by atoms with E-state index in [2.05, 4.69) is 12.1 Å². The molecule has 3 heteroatoms. The highest BCUT2D eigenvalue weighted by atomic mass is 16.7. The van der Waals surface area contributed by atoms with E-state index in [9.17, 15) is 5.11 Å². The van der Waals surface area contributed by atoms with Crippen LogP contribution in [0.2, 0.25) is 0 Å². The van der Waals surface area contributed by atoms with Crippen molar-refractivity contribution in [1.82, 2.24) is 0 Å². The molecule has 1 aromatic carbocycles. The quantitative estimate of drug-likeness (QED) is 0.756. The van der Waals surface area contributed by atoms with Crippen molar-refractivity contribution in [3.05, 3.63) is 41.5 Å². The van der Waals surface area contributed by atoms with Gasteiger partial charge in [-0.05, 0) is 37.0 Å². The molecule has 0 radical (unpaired) electrons. The normalized spacial score (nSPS) is 14.2. The summed E-state index contributed by atoms with van der Waals surface area (Å²) in [5.41, 5.74) is 3.41. The fourth-order valence-electron chi connectivity index (χ4n) is 1.86. The average Bonchev–Trinajstić information content (AvgIpc) is 2.42. The number of aliphatic hydroxyl groups is 1. The highest BCUT2D eigenvalue weighted by Gasteiger charge is 2.12. The lowest BCUT2D eigenvalue weighted by Gasteiger charge is -2.18. The summed E-state index contributed by atoms with van der Waals surface area (Å²) in [6.07, 6.45) is 0.614. The molecule has 0 aliphatic heterocycles. The van der Waals surface area contributed by atoms with Crippen molar-refractivity contribution in [1.29, 1.82) is 0 Å². The van der Waals surface area contributed by atoms with Crippen LogP contribution in [0.4, 0.5) is 0 Å². The Morgan fingerprint density at radius 1 is 1.28 bits per heavy atom. The summed E-state index contributed by atoms with van der Waals surface area (Å²) >= 11 is 0. The van der Waals surface area contributed by atoms with Crippen molar-refractivity contribution in [2.45, 2.75) is 26.4 Å². The first kappa shape index (κ1) is 14.9. The van der Waals surface area contributed by atoms with Crippen molar-refractivity contribution >= 4 is 5.57 Å². The maximum atomic E-state index is 9.21. The highest BCUT2D eigenvalue weighted by Crippen LogP contribution is 2.24. The Balaban J connectivity index is 2.94. The maximum absolute atomic E-state index is 9.21. The summed E-state index contributed by atoms with van der Waals surface area (Å²) in [6.45, 7) is 4.45. The van der Waals surface area contributed by atoms with Crippen LogP contribution >= 0.6 is 0 Å². The van der Waals surface area contributed by atoms with Gasteiger partial charge in [0, 0.05) is 13.7 Å². The molecular formula is C15H22O3. The van der Waals surface area contributed by atoms with Gasteiger partial charge in [0.05, 0.1) is 6.10 Å². The maximum Gasteiger partial charge on any atom is 0.147 e. The molecule has 0 saturated heterocycles. The number of rotatable bonds is 7. The number of hydrogen-bond donors (Lipinski definition) is 1. The summed E-state index contributed by atoms with van der Waals surface area (Å²) in [5, 5.41) is 9.21. The molecule has 0 saturated carbocycles. The van der Waals surface area contributed by atoms with Gasteiger partial charge in [-0.3, -0.25) is 0 Å². The van der Waals surface area contributed by atoms with Crippen LogP contribution in [0.1, 0.15) is 25.8 Å². The molecule has 0 aliphatic carbocycles. The number of ether oxygens (including phenoxy) is 2. The van der Waals surface area contributed by atoms with Crippen LogP contribution in [0, 0.1) is 0 Å². The van der Waals surface area contributed by atoms with Crippen LogP contribution in [0.3, 0.4) is 0 Å². The minimum Gasteiger partial charge on any atom is -0.396 e. The molecule has 1 atom stereocenters. The molecule has 0 fully saturated rings. The summed E-state index contributed by atoms with van der Waals surface area (Å²) in [6, 6.07) is 10.1. The molecule has 0 aliphatic rings. The molecular weight excluding hydrogens is 228 g/mol. The topological polar surface area (TPSA) is 38.7 Å². The fourth-order valence-corrected chi connectivity index (χ4v) is 1.86. The van der Waals surface area contributed by atoms with Crippen LogP contribution in [0.25, 0.3) is 5.57 Å². The van der Waals surface area contributed by atoms with E-state index in [-0.39, 0.29) is 19.5 Å². The lowest BCUT2D eigenvalue weighted by atomic mass is 9.95. The van der Waals surface area contributed by atoms with Gasteiger partial charge in [-0.1, -0.05) is 30.3 Å². The average molecular weight is 250 g/mol. The van der Waals surface area contributed by atoms with Gasteiger partial charge < -0.3 is 14.6 Å². The van der Waals surface area contributed by atoms with Gasteiger partial charge in [-0.15, -0.1) is 0 Å². The van der Waals surface area contributed by atoms with Gasteiger partial charge in [0.1, 0.15) is 6.79 Å². The molecule has 1 rings (SSSR count). The van der Waals surface area contributed by atoms with Crippen LogP contribution < -0.4 is 0 Å². The fraction of sp³-hybridized carbons (Fsp3) is 0.467. The Labute approximate surface area is 109 Å². The SMILES string of the molecule is COCOC(C)/C(C)=C(\CCO)c1ccccc1. The standard InChI is InChI=1S/C15H22O3/c1-12(13(2)18-11-17-3)15(9-10-16)14-7-5-4-6-8-14/h4-8,13,16H,9-11H2,1-3H3/b15-12+. The molecule has 0 amide bonds. The smallest absolute Gasteiger partial charge is 0.147 e. The minimum absolute atomic E-state index is 0.0216. The van der Waals surface area contributed by atoms with Gasteiger partial charge in [-0.2, -0.15) is 0 Å². The Morgan fingerprint density at radius 2 is 1.94 bits per heavy atom. The van der Waals surface area contributed by atoms with E-state index in [1.165, 1.54) is 0 Å². The summed E-state index contributed by atoms with van der Waals surface area (Å²) < 4.78 is 10.5. The van der Waals surface area contributed by atoms with E-state index in [0.717, 1.165) is 16.7 Å². The third-order valence-corrected chi connectivity index (χ3v) is 3.01. The molecule has 0 spiro atoms. The lowest BCUT2D eigenvalue weighted by molar-refractivity contribution is -0.0528. The van der Waals surface area contributed by atoms with Gasteiger partial charge in [-0.25, -0.2) is 0 Å². The second-order valence-corrected chi connectivity index (χ2v) is 4.22. The first-order valence-corrected chi connectivity index (χ1v) is 6.17. The Bertz CT molecular complexity index is 371. The van der Waals surface area contributed by atoms with E-state index in [4.69, 9.17) is 9.47 Å². The Morgan fingerprint density at radius 3 is 2.50 bits per heavy atom. The summed E-state index contributed by atoms with van der Waals surface area (Å²) in [4.78, 5) is 0. The minimum atomic E-state index is -0.0216. The van der Waals surface area contributed by atoms with Crippen molar-refractivity contribution in [2.24, 2.45) is 0 Å². The predicted molar refractivity (Wildman–Crippen MR) is 73.2 cm³/mol. The molecule has 3 nitrogen and oxygen atoms in total. The number of methoxy groups -OCH3 is 1. The summed E-state index contributed by atoms with van der Waals surface area (Å²) in [7, 11) is 1.61. The molecule has 100 valence electrons. The first-order chi connectivity index (χ1) is 8.70. The van der Waals surface area contributed by atoms with Crippen molar-refractivity contribution in [2.75, 3.05) is 20.5 Å². The van der Waals surface area contributed by atoms with Gasteiger partial charge in [0.25, 0.3) is 0 Å². The zero-order chi connectivity index (χ0) is 13.4.